The van der Waals surface area contributed by atoms with Crippen molar-refractivity contribution in [1.29, 1.82) is 0 Å². The summed E-state index contributed by atoms with van der Waals surface area (Å²) in [5, 5.41) is 6.03. The van der Waals surface area contributed by atoms with Crippen LogP contribution in [0.1, 0.15) is 19.3 Å². The second kappa shape index (κ2) is 5.63. The zero-order valence-corrected chi connectivity index (χ0v) is 11.3. The van der Waals surface area contributed by atoms with Crippen LogP contribution in [0.5, 0.6) is 0 Å². The van der Waals surface area contributed by atoms with Gasteiger partial charge in [0.15, 0.2) is 0 Å². The molecule has 106 valence electrons. The molecule has 2 atom stereocenters. The summed E-state index contributed by atoms with van der Waals surface area (Å²) in [6.07, 6.45) is 2.55. The van der Waals surface area contributed by atoms with Gasteiger partial charge in [0.1, 0.15) is 6.04 Å². The molecule has 2 amide bonds. The summed E-state index contributed by atoms with van der Waals surface area (Å²) in [6.45, 7) is 1.54. The summed E-state index contributed by atoms with van der Waals surface area (Å²) in [5.41, 5.74) is 0.897. The predicted octanol–water partition coefficient (Wildman–Crippen LogP) is 0.660. The molecule has 2 saturated heterocycles. The maximum atomic E-state index is 12.3. The van der Waals surface area contributed by atoms with Crippen molar-refractivity contribution >= 4 is 17.5 Å². The molecule has 2 aliphatic rings. The van der Waals surface area contributed by atoms with E-state index >= 15 is 0 Å². The Bertz CT molecular complexity index is 497. The third-order valence-electron chi connectivity index (χ3n) is 3.97. The van der Waals surface area contributed by atoms with Crippen molar-refractivity contribution < 1.29 is 9.59 Å². The highest BCUT2D eigenvalue weighted by molar-refractivity contribution is 6.01. The fraction of sp³-hybridized carbons (Fsp3) is 0.467. The van der Waals surface area contributed by atoms with Crippen molar-refractivity contribution in [2.45, 2.75) is 31.3 Å². The van der Waals surface area contributed by atoms with Crippen LogP contribution in [-0.4, -0.2) is 37.0 Å². The van der Waals surface area contributed by atoms with Gasteiger partial charge in [-0.2, -0.15) is 0 Å². The summed E-state index contributed by atoms with van der Waals surface area (Å²) < 4.78 is 0. The van der Waals surface area contributed by atoms with Gasteiger partial charge in [-0.05, 0) is 37.9 Å². The van der Waals surface area contributed by atoms with E-state index in [0.717, 1.165) is 25.1 Å². The first-order chi connectivity index (χ1) is 9.75. The second-order valence-electron chi connectivity index (χ2n) is 5.32. The van der Waals surface area contributed by atoms with Gasteiger partial charge in [0.25, 0.3) is 0 Å². The largest absolute Gasteiger partial charge is 0.343 e. The first-order valence-corrected chi connectivity index (χ1v) is 7.16. The van der Waals surface area contributed by atoms with Gasteiger partial charge in [-0.15, -0.1) is 0 Å². The van der Waals surface area contributed by atoms with Crippen molar-refractivity contribution in [3.8, 4) is 0 Å². The Morgan fingerprint density at radius 2 is 2.05 bits per heavy atom. The lowest BCUT2D eigenvalue weighted by atomic mass is 10.2. The Kier molecular flexibility index (Phi) is 3.69. The Balaban J connectivity index is 1.62. The summed E-state index contributed by atoms with van der Waals surface area (Å²) in [7, 11) is 0. The molecule has 1 aromatic carbocycles. The number of carbonyl (C=O) groups is 2. The molecule has 5 heteroatoms. The Morgan fingerprint density at radius 3 is 2.75 bits per heavy atom. The van der Waals surface area contributed by atoms with E-state index in [-0.39, 0.29) is 23.9 Å². The molecule has 0 aromatic heterocycles. The van der Waals surface area contributed by atoms with Crippen LogP contribution in [0.4, 0.5) is 5.69 Å². The fourth-order valence-electron chi connectivity index (χ4n) is 2.86. The fourth-order valence-corrected chi connectivity index (χ4v) is 2.86. The van der Waals surface area contributed by atoms with Gasteiger partial charge in [-0.1, -0.05) is 18.2 Å². The Hall–Kier alpha value is -1.88. The number of nitrogens with zero attached hydrogens (tertiary/aromatic N) is 1. The monoisotopic (exact) mass is 273 g/mol. The minimum atomic E-state index is -0.384. The Labute approximate surface area is 118 Å². The molecule has 0 spiro atoms. The van der Waals surface area contributed by atoms with Crippen molar-refractivity contribution in [2.24, 2.45) is 0 Å². The number of para-hydroxylation sites is 1. The standard InChI is InChI=1S/C15H19N3O2/c19-14(12-7-4-9-16-12)17-13-8-10-18(15(13)20)11-5-2-1-3-6-11/h1-3,5-6,12-13,16H,4,7-10H2,(H,17,19). The van der Waals surface area contributed by atoms with Crippen molar-refractivity contribution in [2.75, 3.05) is 18.0 Å². The second-order valence-corrected chi connectivity index (χ2v) is 5.32. The molecule has 5 nitrogen and oxygen atoms in total. The molecule has 1 aromatic rings. The first kappa shape index (κ1) is 13.1. The molecule has 2 unspecified atom stereocenters. The van der Waals surface area contributed by atoms with E-state index in [1.165, 1.54) is 0 Å². The molecule has 0 bridgehead atoms. The molecular formula is C15H19N3O2. The molecule has 2 aliphatic heterocycles. The predicted molar refractivity (Wildman–Crippen MR) is 76.4 cm³/mol. The summed E-state index contributed by atoms with van der Waals surface area (Å²) >= 11 is 0. The minimum Gasteiger partial charge on any atom is -0.343 e. The van der Waals surface area contributed by atoms with E-state index in [1.807, 2.05) is 30.3 Å². The van der Waals surface area contributed by atoms with Gasteiger partial charge in [-0.25, -0.2) is 0 Å². The average molecular weight is 273 g/mol. The van der Waals surface area contributed by atoms with E-state index in [1.54, 1.807) is 4.90 Å². The maximum absolute atomic E-state index is 12.3. The third kappa shape index (κ3) is 2.54. The third-order valence-corrected chi connectivity index (χ3v) is 3.97. The quantitative estimate of drug-likeness (QED) is 0.850. The molecule has 3 rings (SSSR count). The minimum absolute atomic E-state index is 0.0115. The average Bonchev–Trinajstić information content (AvgIpc) is 3.11. The van der Waals surface area contributed by atoms with E-state index in [0.29, 0.717) is 13.0 Å². The number of nitrogens with one attached hydrogen (secondary N) is 2. The van der Waals surface area contributed by atoms with Crippen LogP contribution >= 0.6 is 0 Å². The molecular weight excluding hydrogens is 254 g/mol. The lowest BCUT2D eigenvalue weighted by molar-refractivity contribution is -0.127. The number of hydrogen-bond donors (Lipinski definition) is 2. The molecule has 0 radical (unpaired) electrons. The van der Waals surface area contributed by atoms with Crippen LogP contribution in [0, 0.1) is 0 Å². The van der Waals surface area contributed by atoms with Crippen LogP contribution in [0.15, 0.2) is 30.3 Å². The highest BCUT2D eigenvalue weighted by Crippen LogP contribution is 2.21. The first-order valence-electron chi connectivity index (χ1n) is 7.16. The van der Waals surface area contributed by atoms with Crippen molar-refractivity contribution in [3.05, 3.63) is 30.3 Å². The lowest BCUT2D eigenvalue weighted by Gasteiger charge is -2.18. The van der Waals surface area contributed by atoms with Gasteiger partial charge >= 0.3 is 0 Å². The number of anilines is 1. The molecule has 20 heavy (non-hydrogen) atoms. The number of carbonyl (C=O) groups excluding carboxylic acids is 2. The van der Waals surface area contributed by atoms with Gasteiger partial charge in [-0.3, -0.25) is 9.59 Å². The number of hydrogen-bond acceptors (Lipinski definition) is 3. The van der Waals surface area contributed by atoms with Crippen LogP contribution in [-0.2, 0) is 9.59 Å². The highest BCUT2D eigenvalue weighted by atomic mass is 16.2. The van der Waals surface area contributed by atoms with Gasteiger partial charge < -0.3 is 15.5 Å². The van der Waals surface area contributed by atoms with Gasteiger partial charge in [0.2, 0.25) is 11.8 Å². The number of rotatable bonds is 3. The summed E-state index contributed by atoms with van der Waals surface area (Å²) in [4.78, 5) is 26.1. The van der Waals surface area contributed by atoms with E-state index < -0.39 is 0 Å². The molecule has 0 saturated carbocycles. The molecule has 2 fully saturated rings. The lowest BCUT2D eigenvalue weighted by Crippen LogP contribution is -2.48. The Morgan fingerprint density at radius 1 is 1.25 bits per heavy atom. The smallest absolute Gasteiger partial charge is 0.249 e. The normalized spacial score (nSPS) is 26.0. The van der Waals surface area contributed by atoms with Crippen molar-refractivity contribution in [1.82, 2.24) is 10.6 Å². The van der Waals surface area contributed by atoms with Crippen LogP contribution in [0.25, 0.3) is 0 Å². The highest BCUT2D eigenvalue weighted by Gasteiger charge is 2.35. The zero-order valence-electron chi connectivity index (χ0n) is 11.3. The van der Waals surface area contributed by atoms with Crippen molar-refractivity contribution in [3.63, 3.8) is 0 Å². The maximum Gasteiger partial charge on any atom is 0.249 e. The zero-order chi connectivity index (χ0) is 13.9. The summed E-state index contributed by atoms with van der Waals surface area (Å²) in [6, 6.07) is 9.07. The van der Waals surface area contributed by atoms with Crippen LogP contribution in [0.2, 0.25) is 0 Å². The van der Waals surface area contributed by atoms with E-state index in [2.05, 4.69) is 10.6 Å². The number of amides is 2. The number of benzene rings is 1. The SMILES string of the molecule is O=C(NC1CCN(c2ccccc2)C1=O)C1CCCN1. The van der Waals surface area contributed by atoms with Gasteiger partial charge in [0.05, 0.1) is 6.04 Å². The van der Waals surface area contributed by atoms with Gasteiger partial charge in [0, 0.05) is 12.2 Å². The topological polar surface area (TPSA) is 61.4 Å². The van der Waals surface area contributed by atoms with Crippen LogP contribution in [0.3, 0.4) is 0 Å². The molecule has 0 aliphatic carbocycles. The molecule has 2 N–H and O–H groups in total. The summed E-state index contributed by atoms with van der Waals surface area (Å²) in [5.74, 6) is -0.0571. The van der Waals surface area contributed by atoms with E-state index in [9.17, 15) is 9.59 Å². The van der Waals surface area contributed by atoms with E-state index in [4.69, 9.17) is 0 Å². The van der Waals surface area contributed by atoms with Crippen LogP contribution < -0.4 is 15.5 Å². The molecule has 2 heterocycles.